The van der Waals surface area contributed by atoms with Crippen molar-refractivity contribution in [1.29, 1.82) is 0 Å². The van der Waals surface area contributed by atoms with E-state index >= 15 is 0 Å². The van der Waals surface area contributed by atoms with Crippen LogP contribution in [0.3, 0.4) is 0 Å². The van der Waals surface area contributed by atoms with Crippen LogP contribution in [0.5, 0.6) is 0 Å². The molecular weight excluding hydrogens is 1620 g/mol. The topological polar surface area (TPSA) is 369 Å². The Balaban J connectivity index is -0.0000000701. The van der Waals surface area contributed by atoms with Crippen LogP contribution in [0.2, 0.25) is 0 Å². The second-order valence-electron chi connectivity index (χ2n) is 25.7. The van der Waals surface area contributed by atoms with Gasteiger partial charge in [0.25, 0.3) is 10.1 Å². The van der Waals surface area contributed by atoms with E-state index in [-0.39, 0.29) is 62.3 Å². The van der Waals surface area contributed by atoms with E-state index in [0.29, 0.717) is 106 Å². The Morgan fingerprint density at radius 2 is 0.742 bits per heavy atom. The van der Waals surface area contributed by atoms with Crippen molar-refractivity contribution < 1.29 is 98.1 Å². The summed E-state index contributed by atoms with van der Waals surface area (Å²) in [6.07, 6.45) is 11.7. The molecule has 9 atom stereocenters. The van der Waals surface area contributed by atoms with Gasteiger partial charge in [0.2, 0.25) is 17.7 Å². The molecule has 0 saturated carbocycles. The van der Waals surface area contributed by atoms with E-state index in [9.17, 15) is 80.2 Å². The smallest absolute Gasteiger partial charge is 0.309 e. The number of carboxylic acid groups (broad SMARTS) is 4. The van der Waals surface area contributed by atoms with Gasteiger partial charge in [0.1, 0.15) is 6.61 Å². The molecule has 6 N–H and O–H groups in total. The van der Waals surface area contributed by atoms with Crippen LogP contribution in [0.25, 0.3) is 0 Å². The number of hydrogen-bond donors (Lipinski definition) is 6. The second-order valence-corrected chi connectivity index (χ2v) is 29.0. The summed E-state index contributed by atoms with van der Waals surface area (Å²) in [6, 6.07) is 0. The van der Waals surface area contributed by atoms with Gasteiger partial charge in [-0.25, -0.2) is 8.42 Å². The van der Waals surface area contributed by atoms with E-state index in [1.54, 1.807) is 6.92 Å². The minimum Gasteiger partial charge on any atom is -0.748 e. The lowest BCUT2D eigenvalue weighted by Crippen LogP contribution is -2.47. The maximum Gasteiger partial charge on any atom is 0.309 e. The predicted octanol–water partition coefficient (Wildman–Crippen LogP) is 23.0. The Kier molecular flexibility index (Phi) is 186. The zero-order chi connectivity index (χ0) is 104. The molecule has 2 heterocycles. The fourth-order valence-electron chi connectivity index (χ4n) is 10.4. The molecule has 0 bridgehead atoms. The summed E-state index contributed by atoms with van der Waals surface area (Å²) in [7, 11) is 4.17. The fraction of sp³-hybridized carbons (Fsp3) is 0.918. The van der Waals surface area contributed by atoms with Crippen molar-refractivity contribution in [3.63, 3.8) is 0 Å². The Bertz CT molecular complexity index is 2280. The molecule has 0 aromatic rings. The van der Waals surface area contributed by atoms with Crippen LogP contribution in [-0.2, 0) is 67.5 Å². The molecule has 124 heavy (non-hydrogen) atoms. The first kappa shape index (κ1) is 169. The van der Waals surface area contributed by atoms with E-state index in [2.05, 4.69) is 50.5 Å². The maximum absolute atomic E-state index is 14.1. The summed E-state index contributed by atoms with van der Waals surface area (Å²) in [6.45, 7) is 90.4. The normalized spacial score (nSPS) is 12.8. The zero-order valence-electron chi connectivity index (χ0n) is 91.6. The second kappa shape index (κ2) is 136. The number of quaternary nitrogens is 2. The minimum absolute atomic E-state index is 0.0123. The predicted molar refractivity (Wildman–Crippen MR) is 538 cm³/mol. The number of hydrogen-bond acceptors (Lipinski definition) is 17. The van der Waals surface area contributed by atoms with Crippen LogP contribution in [0.15, 0.2) is 0 Å². The first-order chi connectivity index (χ1) is 58.9. The van der Waals surface area contributed by atoms with E-state index < -0.39 is 103 Å². The van der Waals surface area contributed by atoms with Gasteiger partial charge in [0.05, 0.1) is 107 Å². The summed E-state index contributed by atoms with van der Waals surface area (Å²) in [4.78, 5) is 99.5. The van der Waals surface area contributed by atoms with Crippen molar-refractivity contribution in [1.82, 2.24) is 20.9 Å². The van der Waals surface area contributed by atoms with E-state index in [1.807, 2.05) is 305 Å². The summed E-state index contributed by atoms with van der Waals surface area (Å²) >= 11 is 0. The SMILES string of the molecule is CC.CC.CC.CC.CC.CC.CC.CC.CC.CC.CC.CC.CC.CC.CC.CC.CC.CC.CCCCC(C)CC(C(=O)O)C(C(=O)NCCC[N+](C)(C)CCC(=O)[O-])C(CCCC)CC(C(=O)O)C(C)C(=O)NCCC[N+](C)(C)CCCS(=O)(=O)[O-].CCCCC(C)CC(C(=O)O)C(C)C(=O)NCCCN(C)C.O=C1CCO1.O=S1(=O)CCCO1. The minimum atomic E-state index is -4.30. The number of nitrogens with zero attached hydrogens (tertiary/aromatic N) is 3. The van der Waals surface area contributed by atoms with Crippen molar-refractivity contribution in [2.24, 2.45) is 53.3 Å². The first-order valence-corrected chi connectivity index (χ1v) is 53.0. The van der Waals surface area contributed by atoms with Gasteiger partial charge in [-0.15, -0.1) is 0 Å². The zero-order valence-corrected chi connectivity index (χ0v) is 93.3. The average Bonchev–Trinajstić information content (AvgIpc) is 0.898. The molecule has 25 nitrogen and oxygen atoms in total. The third kappa shape index (κ3) is 128. The summed E-state index contributed by atoms with van der Waals surface area (Å²) in [5.74, 6) is -11.3. The number of carboxylic acids is 4. The maximum atomic E-state index is 14.1. The van der Waals surface area contributed by atoms with Crippen molar-refractivity contribution in [2.75, 3.05) is 119 Å². The molecule has 2 aliphatic heterocycles. The quantitative estimate of drug-likeness (QED) is 0.0108. The van der Waals surface area contributed by atoms with Crippen LogP contribution in [0, 0.1) is 53.3 Å². The lowest BCUT2D eigenvalue weighted by molar-refractivity contribution is -0.890. The first-order valence-electron chi connectivity index (χ1n) is 49.8. The van der Waals surface area contributed by atoms with Crippen LogP contribution >= 0.6 is 0 Å². The molecule has 3 amide bonds. The molecule has 0 spiro atoms. The van der Waals surface area contributed by atoms with Crippen molar-refractivity contribution in [3.05, 3.63) is 0 Å². The monoisotopic (exact) mass is 1840 g/mol. The number of esters is 1. The summed E-state index contributed by atoms with van der Waals surface area (Å²) < 4.78 is 62.7. The molecule has 0 aromatic carbocycles. The number of carbonyl (C=O) groups excluding carboxylic acids is 5. The molecule has 0 aliphatic carbocycles. The van der Waals surface area contributed by atoms with Gasteiger partial charge in [-0.2, -0.15) is 8.42 Å². The molecular formula is C97H224N6O19S2. The van der Waals surface area contributed by atoms with Crippen molar-refractivity contribution in [3.8, 4) is 0 Å². The van der Waals surface area contributed by atoms with Gasteiger partial charge in [0, 0.05) is 68.9 Å². The Morgan fingerprint density at radius 3 is 1.00 bits per heavy atom. The molecule has 2 rings (SSSR count). The highest BCUT2D eigenvalue weighted by atomic mass is 32.2. The lowest BCUT2D eigenvalue weighted by atomic mass is 9.70. The van der Waals surface area contributed by atoms with Gasteiger partial charge in [-0.1, -0.05) is 349 Å². The molecule has 2 aliphatic rings. The van der Waals surface area contributed by atoms with Crippen LogP contribution in [0.1, 0.15) is 420 Å². The van der Waals surface area contributed by atoms with Gasteiger partial charge >= 0.3 is 23.9 Å². The van der Waals surface area contributed by atoms with Crippen molar-refractivity contribution >= 4 is 67.8 Å². The molecule has 0 aromatic heterocycles. The summed E-state index contributed by atoms with van der Waals surface area (Å²) in [5.41, 5.74) is 0. The van der Waals surface area contributed by atoms with Crippen molar-refractivity contribution in [2.45, 2.75) is 420 Å². The summed E-state index contributed by atoms with van der Waals surface area (Å²) in [5, 5.41) is 50.0. The largest absolute Gasteiger partial charge is 0.748 e. The lowest BCUT2D eigenvalue weighted by Gasteiger charge is -2.35. The van der Waals surface area contributed by atoms with Crippen LogP contribution < -0.4 is 21.1 Å². The molecule has 2 fully saturated rings. The molecule has 9 unspecified atom stereocenters. The van der Waals surface area contributed by atoms with Gasteiger partial charge in [-0.3, -0.25) is 37.7 Å². The highest BCUT2D eigenvalue weighted by Crippen LogP contribution is 2.38. The molecule has 0 radical (unpaired) electrons. The van der Waals surface area contributed by atoms with Gasteiger partial charge in [-0.05, 0) is 76.9 Å². The number of nitrogens with one attached hydrogen (secondary N) is 3. The number of ether oxygens (including phenoxy) is 1. The standard InChI is InChI=1S/C38H72N4O11S.C17H34N2O3.C3H6O3S.C3H4O2.18C2H6/c1-9-11-16-28(3)26-32(38(49)50)34(36(46)40-20-14-22-42(7,8)24-18-33(43)44)30(17-12-10-2)27-31(37(47)48)29(4)35(45)39-19-13-21-41(5,6)23-15-25-54(51,52)53;1-6-7-9-13(2)12-15(17(21)22)14(3)16(20)18-10-8-11-19(4)5;4-7(5)3-1-2-6-7;4-3-1-2-5-3;18*1-2/h28-32,34H,9-27H2,1-8H3,(H4-2,39,40,43,44,45,46,47,48,49,50,51,52,53);13-15H,6-12H2,1-5H3,(H,18,20)(H,21,22);1-3H2;1-2H2;18*1-2H3. The molecule has 27 heteroatoms. The molecule has 768 valence electrons. The number of rotatable bonds is 44. The Hall–Kier alpha value is -4.54. The van der Waals surface area contributed by atoms with Gasteiger partial charge in [0.15, 0.2) is 0 Å². The number of amides is 3. The van der Waals surface area contributed by atoms with E-state index in [4.69, 9.17) is 0 Å². The Morgan fingerprint density at radius 1 is 0.452 bits per heavy atom. The highest BCUT2D eigenvalue weighted by Gasteiger charge is 2.43. The number of cyclic esters (lactones) is 1. The average molecular weight is 1840 g/mol. The number of aliphatic carboxylic acids is 4. The Labute approximate surface area is 774 Å². The fourth-order valence-corrected chi connectivity index (χ4v) is 11.9. The molecule has 2 saturated heterocycles. The highest BCUT2D eigenvalue weighted by molar-refractivity contribution is 7.86. The van der Waals surface area contributed by atoms with Crippen LogP contribution in [-0.4, -0.2) is 218 Å². The van der Waals surface area contributed by atoms with E-state index in [0.717, 1.165) is 57.9 Å². The third-order valence-electron chi connectivity index (χ3n) is 16.1. The number of unbranched alkanes of at least 4 members (excludes halogenated alkanes) is 3. The van der Waals surface area contributed by atoms with Gasteiger partial charge < -0.3 is 64.3 Å². The van der Waals surface area contributed by atoms with E-state index in [1.165, 1.54) is 6.92 Å². The number of carbonyl (C=O) groups is 8. The van der Waals surface area contributed by atoms with Crippen LogP contribution in [0.4, 0.5) is 0 Å². The third-order valence-corrected chi connectivity index (χ3v) is 18.2.